The lowest BCUT2D eigenvalue weighted by molar-refractivity contribution is 0.102. The number of hydrogen-bond donors (Lipinski definition) is 1. The second-order valence-corrected chi connectivity index (χ2v) is 8.36. The van der Waals surface area contributed by atoms with Gasteiger partial charge in [-0.3, -0.25) is 19.1 Å². The van der Waals surface area contributed by atoms with Crippen LogP contribution in [0.15, 0.2) is 84.0 Å². The molecule has 0 aliphatic rings. The largest absolute Gasteiger partial charge is 0.322 e. The summed E-state index contributed by atoms with van der Waals surface area (Å²) in [4.78, 5) is 43.2. The predicted octanol–water partition coefficient (Wildman–Crippen LogP) is 4.72. The van der Waals surface area contributed by atoms with Crippen molar-refractivity contribution in [2.75, 3.05) is 5.32 Å². The Morgan fingerprint density at radius 1 is 0.943 bits per heavy atom. The summed E-state index contributed by atoms with van der Waals surface area (Å²) >= 11 is 11.8. The van der Waals surface area contributed by atoms with E-state index in [0.29, 0.717) is 34.7 Å². The Kier molecular flexibility index (Phi) is 6.22. The zero-order valence-corrected chi connectivity index (χ0v) is 19.5. The van der Waals surface area contributed by atoms with E-state index in [0.717, 1.165) is 5.56 Å². The van der Waals surface area contributed by atoms with Gasteiger partial charge in [0.2, 0.25) is 0 Å². The van der Waals surface area contributed by atoms with Crippen LogP contribution in [-0.4, -0.2) is 30.4 Å². The number of nitrogens with one attached hydrogen (secondary N) is 1. The van der Waals surface area contributed by atoms with Gasteiger partial charge in [-0.1, -0.05) is 35.3 Å². The van der Waals surface area contributed by atoms with Crippen molar-refractivity contribution in [3.05, 3.63) is 117 Å². The van der Waals surface area contributed by atoms with Crippen molar-refractivity contribution in [3.63, 3.8) is 0 Å². The molecule has 4 aromatic heterocycles. The molecule has 0 unspecified atom stereocenters. The number of carbonyl (C=O) groups excluding carboxylic acids is 1. The summed E-state index contributed by atoms with van der Waals surface area (Å²) in [6.45, 7) is 0. The molecule has 1 N–H and O–H groups in total. The molecule has 5 rings (SSSR count). The monoisotopic (exact) mass is 502 g/mol. The van der Waals surface area contributed by atoms with Gasteiger partial charge in [-0.05, 0) is 54.1 Å². The normalized spacial score (nSPS) is 10.9. The molecule has 8 nitrogen and oxygen atoms in total. The molecule has 4 heterocycles. The molecule has 0 saturated carbocycles. The first-order chi connectivity index (χ1) is 17.0. The summed E-state index contributed by atoms with van der Waals surface area (Å²) in [5, 5.41) is 3.02. The maximum Gasteiger partial charge on any atom is 0.278 e. The number of anilines is 1. The fourth-order valence-corrected chi connectivity index (χ4v) is 4.10. The third-order valence-electron chi connectivity index (χ3n) is 5.16. The van der Waals surface area contributed by atoms with Crippen molar-refractivity contribution in [1.82, 2.24) is 24.5 Å². The number of hydrogen-bond acceptors (Lipinski definition) is 6. The highest BCUT2D eigenvalue weighted by atomic mass is 35.5. The molecule has 0 radical (unpaired) electrons. The minimum absolute atomic E-state index is 0.110. The molecule has 0 aliphatic heterocycles. The van der Waals surface area contributed by atoms with Gasteiger partial charge in [-0.15, -0.1) is 0 Å². The number of halogens is 2. The predicted molar refractivity (Wildman–Crippen MR) is 134 cm³/mol. The molecule has 0 fully saturated rings. The number of fused-ring (bicyclic) bond motifs is 1. The smallest absolute Gasteiger partial charge is 0.278 e. The topological polar surface area (TPSA) is 103 Å². The van der Waals surface area contributed by atoms with Gasteiger partial charge < -0.3 is 5.32 Å². The third-order valence-corrected chi connectivity index (χ3v) is 5.55. The molecule has 0 aliphatic carbocycles. The lowest BCUT2D eigenvalue weighted by atomic mass is 10.1. The summed E-state index contributed by atoms with van der Waals surface area (Å²) in [6.07, 6.45) is 5.29. The minimum Gasteiger partial charge on any atom is -0.322 e. The van der Waals surface area contributed by atoms with Gasteiger partial charge in [0.25, 0.3) is 11.5 Å². The molecule has 1 amide bonds. The van der Waals surface area contributed by atoms with Crippen LogP contribution in [0.4, 0.5) is 5.69 Å². The van der Waals surface area contributed by atoms with E-state index in [1.807, 2.05) is 12.1 Å². The highest BCUT2D eigenvalue weighted by Gasteiger charge is 2.15. The van der Waals surface area contributed by atoms with E-state index in [1.54, 1.807) is 55.0 Å². The number of rotatable bonds is 5. The average Bonchev–Trinajstić information content (AvgIpc) is 2.85. The Bertz CT molecular complexity index is 1600. The van der Waals surface area contributed by atoms with Crippen molar-refractivity contribution < 1.29 is 4.79 Å². The van der Waals surface area contributed by atoms with E-state index < -0.39 is 5.91 Å². The summed E-state index contributed by atoms with van der Waals surface area (Å²) in [7, 11) is 0. The Balaban J connectivity index is 1.56. The van der Waals surface area contributed by atoms with Crippen LogP contribution in [0.3, 0.4) is 0 Å². The third kappa shape index (κ3) is 4.89. The second kappa shape index (κ2) is 9.61. The first kappa shape index (κ1) is 22.6. The molecule has 10 heteroatoms. The lowest BCUT2D eigenvalue weighted by Gasteiger charge is -2.13. The van der Waals surface area contributed by atoms with Gasteiger partial charge >= 0.3 is 0 Å². The molecule has 0 bridgehead atoms. The molecule has 172 valence electrons. The van der Waals surface area contributed by atoms with E-state index in [4.69, 9.17) is 23.2 Å². The van der Waals surface area contributed by atoms with Crippen molar-refractivity contribution in [2.45, 2.75) is 6.42 Å². The van der Waals surface area contributed by atoms with Crippen molar-refractivity contribution in [2.24, 2.45) is 0 Å². The lowest BCUT2D eigenvalue weighted by Crippen LogP contribution is -2.25. The van der Waals surface area contributed by atoms with Crippen LogP contribution < -0.4 is 10.9 Å². The molecule has 35 heavy (non-hydrogen) atoms. The van der Waals surface area contributed by atoms with E-state index in [-0.39, 0.29) is 21.4 Å². The van der Waals surface area contributed by atoms with Crippen molar-refractivity contribution in [3.8, 4) is 5.69 Å². The SMILES string of the molecule is O=C(Nc1cccc(-n2c(=O)c(Cc3cccnc3)nc3cccnc32)c1)c1cc(Cl)nc(Cl)c1. The standard InChI is InChI=1S/C25H16Cl2N6O2/c26-21-11-16(12-22(27)32-21)24(34)30-17-5-1-6-18(13-17)33-23-19(7-3-9-29-23)31-20(25(33)35)10-15-4-2-8-28-14-15/h1-9,11-14H,10H2,(H,30,34). The molecule has 5 aromatic rings. The Morgan fingerprint density at radius 3 is 2.51 bits per heavy atom. The number of pyridine rings is 3. The van der Waals surface area contributed by atoms with Crippen LogP contribution in [0.2, 0.25) is 10.3 Å². The van der Waals surface area contributed by atoms with Crippen LogP contribution >= 0.6 is 23.2 Å². The van der Waals surface area contributed by atoms with Gasteiger partial charge in [0, 0.05) is 36.3 Å². The average molecular weight is 503 g/mol. The molecule has 0 atom stereocenters. The first-order valence-electron chi connectivity index (χ1n) is 10.5. The zero-order chi connectivity index (χ0) is 24.4. The molecule has 0 spiro atoms. The highest BCUT2D eigenvalue weighted by Crippen LogP contribution is 2.20. The molecule has 1 aromatic carbocycles. The van der Waals surface area contributed by atoms with E-state index in [9.17, 15) is 9.59 Å². The van der Waals surface area contributed by atoms with Gasteiger partial charge in [-0.2, -0.15) is 0 Å². The van der Waals surface area contributed by atoms with Gasteiger partial charge in [0.1, 0.15) is 21.5 Å². The molecular formula is C25H16Cl2N6O2. The van der Waals surface area contributed by atoms with E-state index >= 15 is 0 Å². The number of aromatic nitrogens is 5. The van der Waals surface area contributed by atoms with Crippen molar-refractivity contribution in [1.29, 1.82) is 0 Å². The van der Waals surface area contributed by atoms with Gasteiger partial charge in [-0.25, -0.2) is 15.0 Å². The quantitative estimate of drug-likeness (QED) is 0.348. The fourth-order valence-electron chi connectivity index (χ4n) is 3.64. The van der Waals surface area contributed by atoms with Crippen LogP contribution in [0.25, 0.3) is 16.9 Å². The fraction of sp³-hybridized carbons (Fsp3) is 0.0400. The number of amides is 1. The summed E-state index contributed by atoms with van der Waals surface area (Å²) in [5.74, 6) is -0.421. The minimum atomic E-state index is -0.421. The van der Waals surface area contributed by atoms with E-state index in [2.05, 4.69) is 25.3 Å². The van der Waals surface area contributed by atoms with Gasteiger partial charge in [0.15, 0.2) is 5.65 Å². The zero-order valence-electron chi connectivity index (χ0n) is 18.0. The maximum absolute atomic E-state index is 13.5. The summed E-state index contributed by atoms with van der Waals surface area (Å²) in [5.41, 5.74) is 3.14. The summed E-state index contributed by atoms with van der Waals surface area (Å²) in [6, 6.07) is 17.0. The van der Waals surface area contributed by atoms with Crippen LogP contribution in [0, 0.1) is 0 Å². The first-order valence-corrected chi connectivity index (χ1v) is 11.2. The van der Waals surface area contributed by atoms with E-state index in [1.165, 1.54) is 16.7 Å². The Morgan fingerprint density at radius 2 is 1.74 bits per heavy atom. The second-order valence-electron chi connectivity index (χ2n) is 7.59. The van der Waals surface area contributed by atoms with Crippen LogP contribution in [0.5, 0.6) is 0 Å². The van der Waals surface area contributed by atoms with Gasteiger partial charge in [0.05, 0.1) is 5.69 Å². The number of nitrogens with zero attached hydrogens (tertiary/aromatic N) is 5. The van der Waals surface area contributed by atoms with Crippen LogP contribution in [0.1, 0.15) is 21.6 Å². The molecular weight excluding hydrogens is 487 g/mol. The van der Waals surface area contributed by atoms with Crippen molar-refractivity contribution >= 4 is 46.0 Å². The Hall–Kier alpha value is -4.14. The highest BCUT2D eigenvalue weighted by molar-refractivity contribution is 6.33. The molecule has 0 saturated heterocycles. The number of carbonyl (C=O) groups is 1. The summed E-state index contributed by atoms with van der Waals surface area (Å²) < 4.78 is 1.49. The van der Waals surface area contributed by atoms with Crippen LogP contribution in [-0.2, 0) is 6.42 Å². The number of benzene rings is 1. The maximum atomic E-state index is 13.5. The Labute approximate surface area is 209 Å².